The first kappa shape index (κ1) is 25.4. The van der Waals surface area contributed by atoms with Crippen LogP contribution in [0.1, 0.15) is 54.4 Å². The summed E-state index contributed by atoms with van der Waals surface area (Å²) in [5.41, 5.74) is 0.527. The van der Waals surface area contributed by atoms with Crippen LogP contribution in [0.25, 0.3) is 10.8 Å². The lowest BCUT2D eigenvalue weighted by Gasteiger charge is -2.58. The maximum Gasteiger partial charge on any atom is 0.326 e. The zero-order valence-corrected chi connectivity index (χ0v) is 22.2. The quantitative estimate of drug-likeness (QED) is 0.321. The van der Waals surface area contributed by atoms with Crippen LogP contribution in [0, 0.1) is 29.0 Å². The van der Waals surface area contributed by atoms with E-state index in [1.165, 1.54) is 31.4 Å². The summed E-state index contributed by atoms with van der Waals surface area (Å²) in [5.74, 6) is -0.0226. The van der Waals surface area contributed by atoms with Crippen molar-refractivity contribution in [1.82, 2.24) is 5.32 Å². The summed E-state index contributed by atoms with van der Waals surface area (Å²) in [4.78, 5) is 26.3. The highest BCUT2D eigenvalue weighted by Crippen LogP contribution is 2.61. The van der Waals surface area contributed by atoms with E-state index in [0.717, 1.165) is 24.8 Å². The molecule has 4 saturated carbocycles. The number of carbonyl (C=O) groups is 2. The van der Waals surface area contributed by atoms with Crippen molar-refractivity contribution < 1.29 is 23.8 Å². The van der Waals surface area contributed by atoms with Crippen molar-refractivity contribution in [3.8, 4) is 5.75 Å². The van der Waals surface area contributed by atoms with E-state index >= 15 is 0 Å². The van der Waals surface area contributed by atoms with E-state index in [1.54, 1.807) is 36.4 Å². The van der Waals surface area contributed by atoms with E-state index < -0.39 is 29.2 Å². The van der Waals surface area contributed by atoms with Gasteiger partial charge in [-0.2, -0.15) is 0 Å². The van der Waals surface area contributed by atoms with Crippen LogP contribution in [0.5, 0.6) is 5.75 Å². The standard InChI is InChI=1S/C30H28Cl2FNO4/c31-24-6-1-16(10-25(24)32)15-38-26-22-5-3-21(33)11-20(22)2-4-23(26)28(35)34-27(29(36)37)30-12-17-7-18(13-30)9-19(8-17)14-30/h1-6,10-11,17-19,27H,7-9,12-15H2,(H,34,35)(H,36,37)/t17?,18?,19?,27-,30?/m1/s1. The molecule has 3 aromatic rings. The Morgan fingerprint density at radius 1 is 0.974 bits per heavy atom. The number of amides is 1. The number of nitrogens with one attached hydrogen (secondary N) is 1. The van der Waals surface area contributed by atoms with Gasteiger partial charge in [-0.1, -0.05) is 35.3 Å². The van der Waals surface area contributed by atoms with Crippen LogP contribution in [0.15, 0.2) is 48.5 Å². The molecule has 0 unspecified atom stereocenters. The molecule has 1 atom stereocenters. The van der Waals surface area contributed by atoms with E-state index in [2.05, 4.69) is 5.32 Å². The maximum absolute atomic E-state index is 14.0. The molecule has 0 spiro atoms. The normalized spacial score (nSPS) is 26.3. The predicted molar refractivity (Wildman–Crippen MR) is 144 cm³/mol. The van der Waals surface area contributed by atoms with Crippen molar-refractivity contribution in [2.75, 3.05) is 0 Å². The molecule has 0 aliphatic heterocycles. The van der Waals surface area contributed by atoms with Gasteiger partial charge in [0.05, 0.1) is 15.6 Å². The van der Waals surface area contributed by atoms with E-state index in [0.29, 0.717) is 38.6 Å². The predicted octanol–water partition coefficient (Wildman–Crippen LogP) is 7.26. The highest BCUT2D eigenvalue weighted by molar-refractivity contribution is 6.42. The molecule has 198 valence electrons. The van der Waals surface area contributed by atoms with Crippen molar-refractivity contribution in [1.29, 1.82) is 0 Å². The van der Waals surface area contributed by atoms with Crippen LogP contribution >= 0.6 is 23.2 Å². The Morgan fingerprint density at radius 3 is 2.29 bits per heavy atom. The molecule has 4 bridgehead atoms. The molecule has 4 fully saturated rings. The van der Waals surface area contributed by atoms with E-state index in [4.69, 9.17) is 27.9 Å². The van der Waals surface area contributed by atoms with Crippen molar-refractivity contribution in [2.45, 2.75) is 51.2 Å². The van der Waals surface area contributed by atoms with Crippen LogP contribution < -0.4 is 10.1 Å². The molecule has 38 heavy (non-hydrogen) atoms. The summed E-state index contributed by atoms with van der Waals surface area (Å²) >= 11 is 12.2. The lowest BCUT2D eigenvalue weighted by atomic mass is 9.47. The van der Waals surface area contributed by atoms with Gasteiger partial charge >= 0.3 is 5.97 Å². The zero-order valence-electron chi connectivity index (χ0n) is 20.7. The van der Waals surface area contributed by atoms with Gasteiger partial charge in [0.25, 0.3) is 5.91 Å². The van der Waals surface area contributed by atoms with Crippen molar-refractivity contribution in [2.24, 2.45) is 23.2 Å². The summed E-state index contributed by atoms with van der Waals surface area (Å²) in [6.45, 7) is 0.0883. The molecule has 3 aromatic carbocycles. The monoisotopic (exact) mass is 555 g/mol. The minimum absolute atomic E-state index is 0.0883. The van der Waals surface area contributed by atoms with Crippen LogP contribution in [0.3, 0.4) is 0 Å². The van der Waals surface area contributed by atoms with Crippen molar-refractivity contribution in [3.63, 3.8) is 0 Å². The largest absolute Gasteiger partial charge is 0.487 e. The Hall–Kier alpha value is -2.83. The fourth-order valence-electron chi connectivity index (χ4n) is 7.61. The first-order valence-corrected chi connectivity index (χ1v) is 13.8. The number of carboxylic acids is 1. The summed E-state index contributed by atoms with van der Waals surface area (Å²) in [6.07, 6.45) is 6.05. The van der Waals surface area contributed by atoms with Gasteiger partial charge < -0.3 is 15.2 Å². The Kier molecular flexibility index (Phi) is 6.51. The lowest BCUT2D eigenvalue weighted by molar-refractivity contribution is -0.150. The highest BCUT2D eigenvalue weighted by Gasteiger charge is 2.56. The second kappa shape index (κ2) is 9.73. The molecular formula is C30H28Cl2FNO4. The second-order valence-electron chi connectivity index (χ2n) is 11.4. The smallest absolute Gasteiger partial charge is 0.326 e. The number of hydrogen-bond donors (Lipinski definition) is 2. The second-order valence-corrected chi connectivity index (χ2v) is 12.2. The summed E-state index contributed by atoms with van der Waals surface area (Å²) in [6, 6.07) is 11.6. The summed E-state index contributed by atoms with van der Waals surface area (Å²) in [7, 11) is 0. The fraction of sp³-hybridized carbons (Fsp3) is 0.400. The maximum atomic E-state index is 14.0. The third-order valence-electron chi connectivity index (χ3n) is 8.76. The molecule has 1 amide bonds. The molecule has 0 saturated heterocycles. The topological polar surface area (TPSA) is 75.6 Å². The summed E-state index contributed by atoms with van der Waals surface area (Å²) in [5, 5.41) is 15.1. The molecule has 0 aromatic heterocycles. The van der Waals surface area contributed by atoms with Gasteiger partial charge in [0, 0.05) is 10.8 Å². The zero-order chi connectivity index (χ0) is 26.6. The van der Waals surface area contributed by atoms with E-state index in [1.807, 2.05) is 0 Å². The van der Waals surface area contributed by atoms with Gasteiger partial charge in [-0.25, -0.2) is 9.18 Å². The van der Waals surface area contributed by atoms with Crippen LogP contribution in [0.4, 0.5) is 4.39 Å². The van der Waals surface area contributed by atoms with Gasteiger partial charge in [-0.05, 0) is 104 Å². The lowest BCUT2D eigenvalue weighted by Crippen LogP contribution is -2.59. The average Bonchev–Trinajstić information content (AvgIpc) is 2.86. The molecular weight excluding hydrogens is 528 g/mol. The van der Waals surface area contributed by atoms with Gasteiger partial charge in [-0.15, -0.1) is 0 Å². The van der Waals surface area contributed by atoms with Crippen molar-refractivity contribution in [3.05, 3.63) is 75.5 Å². The molecule has 5 nitrogen and oxygen atoms in total. The third kappa shape index (κ3) is 4.62. The first-order chi connectivity index (χ1) is 18.2. The number of halogens is 3. The Balaban J connectivity index is 1.33. The first-order valence-electron chi connectivity index (χ1n) is 13.0. The number of ether oxygens (including phenoxy) is 1. The number of carboxylic acid groups (broad SMARTS) is 1. The van der Waals surface area contributed by atoms with Gasteiger partial charge in [0.2, 0.25) is 0 Å². The average molecular weight is 556 g/mol. The number of rotatable bonds is 7. The molecule has 0 radical (unpaired) electrons. The number of aliphatic carboxylic acids is 1. The SMILES string of the molecule is O=C(N[C@H](C(=O)O)C12CC3CC(CC(C3)C1)C2)c1ccc2cc(F)ccc2c1OCc1ccc(Cl)c(Cl)c1. The van der Waals surface area contributed by atoms with Gasteiger partial charge in [0.15, 0.2) is 0 Å². The number of hydrogen-bond acceptors (Lipinski definition) is 3. The molecule has 8 heteroatoms. The van der Waals surface area contributed by atoms with E-state index in [9.17, 15) is 19.1 Å². The Morgan fingerprint density at radius 2 is 1.66 bits per heavy atom. The Labute approximate surface area is 230 Å². The van der Waals surface area contributed by atoms with Gasteiger partial charge in [0.1, 0.15) is 24.2 Å². The van der Waals surface area contributed by atoms with E-state index in [-0.39, 0.29) is 17.9 Å². The van der Waals surface area contributed by atoms with Crippen LogP contribution in [0.2, 0.25) is 10.0 Å². The van der Waals surface area contributed by atoms with Crippen LogP contribution in [-0.4, -0.2) is 23.0 Å². The summed E-state index contributed by atoms with van der Waals surface area (Å²) < 4.78 is 20.1. The molecule has 0 heterocycles. The third-order valence-corrected chi connectivity index (χ3v) is 9.50. The number of carbonyl (C=O) groups excluding carboxylic acids is 1. The minimum Gasteiger partial charge on any atom is -0.487 e. The fourth-order valence-corrected chi connectivity index (χ4v) is 7.93. The highest BCUT2D eigenvalue weighted by atomic mass is 35.5. The van der Waals surface area contributed by atoms with Gasteiger partial charge in [-0.3, -0.25) is 4.79 Å². The molecule has 7 rings (SSSR count). The van der Waals surface area contributed by atoms with Crippen molar-refractivity contribution >= 4 is 45.9 Å². The Bertz CT molecular complexity index is 1410. The molecule has 4 aliphatic carbocycles. The molecule has 4 aliphatic rings. The number of benzene rings is 3. The molecule has 2 N–H and O–H groups in total. The minimum atomic E-state index is -0.999. The van der Waals surface area contributed by atoms with Crippen LogP contribution in [-0.2, 0) is 11.4 Å². The number of fused-ring (bicyclic) bond motifs is 1.